The normalized spacial score (nSPS) is 12.7. The molecule has 30 heavy (non-hydrogen) atoms. The van der Waals surface area contributed by atoms with Crippen LogP contribution >= 0.6 is 7.60 Å². The largest absolute Gasteiger partial charge is 0.368 e. The van der Waals surface area contributed by atoms with E-state index >= 15 is 0 Å². The standard InChI is InChI=1S/C21H26N3O5P/c1-3-13-28-30(27,29-14-4-2)21(19-15-22-20-8-6-5-7-18(19)20)23-16-9-11-17(12-10-16)24(25)26/h5-12,15,21-23H,3-4,13-14H2,1-2H3. The zero-order valence-corrected chi connectivity index (χ0v) is 17.9. The van der Waals surface area contributed by atoms with Gasteiger partial charge in [0.05, 0.1) is 18.1 Å². The van der Waals surface area contributed by atoms with Crippen LogP contribution in [0.1, 0.15) is 38.0 Å². The van der Waals surface area contributed by atoms with Crippen molar-refractivity contribution in [1.82, 2.24) is 4.98 Å². The van der Waals surface area contributed by atoms with Crippen LogP contribution in [0.4, 0.5) is 11.4 Å². The van der Waals surface area contributed by atoms with Crippen molar-refractivity contribution in [2.24, 2.45) is 0 Å². The Labute approximate surface area is 175 Å². The molecule has 9 heteroatoms. The third-order valence-electron chi connectivity index (χ3n) is 4.56. The molecule has 0 fully saturated rings. The Hall–Kier alpha value is -2.67. The molecular formula is C21H26N3O5P. The molecule has 0 bridgehead atoms. The summed E-state index contributed by atoms with van der Waals surface area (Å²) in [6.07, 6.45) is 3.18. The summed E-state index contributed by atoms with van der Waals surface area (Å²) in [5.41, 5.74) is 2.22. The van der Waals surface area contributed by atoms with E-state index in [1.54, 1.807) is 18.3 Å². The van der Waals surface area contributed by atoms with Gasteiger partial charge >= 0.3 is 7.60 Å². The van der Waals surface area contributed by atoms with Crippen molar-refractivity contribution in [2.45, 2.75) is 32.5 Å². The molecule has 160 valence electrons. The molecule has 2 aromatic carbocycles. The highest BCUT2D eigenvalue weighted by Crippen LogP contribution is 2.61. The van der Waals surface area contributed by atoms with Gasteiger partial charge in [-0.25, -0.2) is 0 Å². The predicted molar refractivity (Wildman–Crippen MR) is 118 cm³/mol. The average Bonchev–Trinajstić information content (AvgIpc) is 3.18. The lowest BCUT2D eigenvalue weighted by molar-refractivity contribution is -0.384. The average molecular weight is 431 g/mol. The van der Waals surface area contributed by atoms with Crippen LogP contribution in [0, 0.1) is 10.1 Å². The molecule has 0 amide bonds. The van der Waals surface area contributed by atoms with Gasteiger partial charge in [0.1, 0.15) is 0 Å². The van der Waals surface area contributed by atoms with Crippen LogP contribution in [-0.2, 0) is 13.6 Å². The van der Waals surface area contributed by atoms with Crippen molar-refractivity contribution in [1.29, 1.82) is 0 Å². The molecule has 0 aliphatic rings. The number of hydrogen-bond donors (Lipinski definition) is 2. The van der Waals surface area contributed by atoms with E-state index in [1.165, 1.54) is 12.1 Å². The van der Waals surface area contributed by atoms with E-state index in [0.717, 1.165) is 16.5 Å². The Morgan fingerprint density at radius 2 is 1.70 bits per heavy atom. The number of anilines is 1. The minimum absolute atomic E-state index is 0.0168. The zero-order valence-electron chi connectivity index (χ0n) is 17.0. The van der Waals surface area contributed by atoms with Crippen LogP contribution in [-0.4, -0.2) is 23.1 Å². The lowest BCUT2D eigenvalue weighted by Gasteiger charge is -2.28. The second-order valence-electron chi connectivity index (χ2n) is 6.85. The topological polar surface area (TPSA) is 106 Å². The fourth-order valence-corrected chi connectivity index (χ4v) is 5.22. The molecular weight excluding hydrogens is 405 g/mol. The van der Waals surface area contributed by atoms with E-state index in [9.17, 15) is 14.7 Å². The monoisotopic (exact) mass is 431 g/mol. The summed E-state index contributed by atoms with van der Waals surface area (Å²) in [6, 6.07) is 13.7. The van der Waals surface area contributed by atoms with Crippen LogP contribution in [0.25, 0.3) is 10.9 Å². The first-order valence-corrected chi connectivity index (χ1v) is 11.6. The van der Waals surface area contributed by atoms with E-state index < -0.39 is 18.3 Å². The van der Waals surface area contributed by atoms with E-state index in [2.05, 4.69) is 10.3 Å². The molecule has 0 saturated carbocycles. The number of hydrogen-bond acceptors (Lipinski definition) is 6. The highest BCUT2D eigenvalue weighted by Gasteiger charge is 2.39. The van der Waals surface area contributed by atoms with Crippen LogP contribution in [0.5, 0.6) is 0 Å². The molecule has 0 aliphatic carbocycles. The van der Waals surface area contributed by atoms with Gasteiger partial charge < -0.3 is 19.3 Å². The first-order chi connectivity index (χ1) is 14.5. The maximum atomic E-state index is 13.9. The molecule has 0 saturated heterocycles. The van der Waals surface area contributed by atoms with E-state index in [-0.39, 0.29) is 5.69 Å². The van der Waals surface area contributed by atoms with Crippen molar-refractivity contribution in [3.05, 3.63) is 70.4 Å². The molecule has 0 radical (unpaired) electrons. The number of nitrogens with zero attached hydrogens (tertiary/aromatic N) is 1. The van der Waals surface area contributed by atoms with Crippen LogP contribution < -0.4 is 5.32 Å². The van der Waals surface area contributed by atoms with Gasteiger partial charge in [-0.1, -0.05) is 32.0 Å². The molecule has 1 heterocycles. The minimum Gasteiger partial charge on any atom is -0.368 e. The van der Waals surface area contributed by atoms with Gasteiger partial charge in [0.15, 0.2) is 5.78 Å². The zero-order chi connectivity index (χ0) is 21.6. The Balaban J connectivity index is 2.04. The Kier molecular flexibility index (Phi) is 7.26. The van der Waals surface area contributed by atoms with Gasteiger partial charge in [-0.05, 0) is 31.0 Å². The lowest BCUT2D eigenvalue weighted by atomic mass is 10.1. The maximum absolute atomic E-state index is 13.9. The quantitative estimate of drug-likeness (QED) is 0.212. The predicted octanol–water partition coefficient (Wildman–Crippen LogP) is 6.23. The van der Waals surface area contributed by atoms with Crippen molar-refractivity contribution < 1.29 is 18.5 Å². The SMILES string of the molecule is CCCOP(=O)(OCCC)C(Nc1ccc([N+](=O)[O-])cc1)c1c[nH]c2ccccc12. The van der Waals surface area contributed by atoms with Crippen LogP contribution in [0.2, 0.25) is 0 Å². The number of fused-ring (bicyclic) bond motifs is 1. The van der Waals surface area contributed by atoms with Gasteiger partial charge in [-0.15, -0.1) is 0 Å². The second-order valence-corrected chi connectivity index (χ2v) is 8.96. The third kappa shape index (κ3) is 4.90. The van der Waals surface area contributed by atoms with Crippen molar-refractivity contribution in [3.8, 4) is 0 Å². The molecule has 3 aromatic rings. The Bertz CT molecular complexity index is 1020. The molecule has 8 nitrogen and oxygen atoms in total. The summed E-state index contributed by atoms with van der Waals surface area (Å²) in [5.74, 6) is -0.784. The summed E-state index contributed by atoms with van der Waals surface area (Å²) in [6.45, 7) is 4.47. The van der Waals surface area contributed by atoms with Crippen molar-refractivity contribution in [2.75, 3.05) is 18.5 Å². The molecule has 1 atom stereocenters. The number of benzene rings is 2. The summed E-state index contributed by atoms with van der Waals surface area (Å²) in [5, 5.41) is 15.1. The van der Waals surface area contributed by atoms with Gasteiger partial charge in [-0.2, -0.15) is 0 Å². The molecule has 0 aliphatic heterocycles. The maximum Gasteiger partial charge on any atom is 0.357 e. The number of non-ortho nitro benzene ring substituents is 1. The summed E-state index contributed by atoms with van der Waals surface area (Å²) in [7, 11) is -3.62. The van der Waals surface area contributed by atoms with Crippen molar-refractivity contribution >= 4 is 29.9 Å². The molecule has 1 unspecified atom stereocenters. The molecule has 3 rings (SSSR count). The first-order valence-electron chi connectivity index (χ1n) is 9.94. The molecule has 0 spiro atoms. The fourth-order valence-electron chi connectivity index (χ4n) is 3.11. The third-order valence-corrected chi connectivity index (χ3v) is 6.69. The number of rotatable bonds is 11. The molecule has 2 N–H and O–H groups in total. The van der Waals surface area contributed by atoms with Crippen LogP contribution in [0.3, 0.4) is 0 Å². The summed E-state index contributed by atoms with van der Waals surface area (Å²) >= 11 is 0. The summed E-state index contributed by atoms with van der Waals surface area (Å²) in [4.78, 5) is 13.7. The highest BCUT2D eigenvalue weighted by atomic mass is 31.2. The van der Waals surface area contributed by atoms with Gasteiger partial charge in [0.25, 0.3) is 5.69 Å². The fraction of sp³-hybridized carbons (Fsp3) is 0.333. The number of nitrogens with one attached hydrogen (secondary N) is 2. The number of aromatic nitrogens is 1. The van der Waals surface area contributed by atoms with Gasteiger partial charge in [0.2, 0.25) is 0 Å². The Morgan fingerprint density at radius 3 is 2.30 bits per heavy atom. The summed E-state index contributed by atoms with van der Waals surface area (Å²) < 4.78 is 25.5. The number of para-hydroxylation sites is 1. The number of aromatic amines is 1. The number of H-pyrrole nitrogens is 1. The second kappa shape index (κ2) is 9.89. The van der Waals surface area contributed by atoms with Gasteiger partial charge in [0, 0.05) is 40.5 Å². The molecule has 1 aromatic heterocycles. The Morgan fingerprint density at radius 1 is 1.07 bits per heavy atom. The van der Waals surface area contributed by atoms with E-state index in [4.69, 9.17) is 9.05 Å². The number of nitro groups is 1. The minimum atomic E-state index is -3.62. The van der Waals surface area contributed by atoms with E-state index in [1.807, 2.05) is 38.1 Å². The first kappa shape index (κ1) is 22.0. The van der Waals surface area contributed by atoms with Gasteiger partial charge in [-0.3, -0.25) is 14.7 Å². The smallest absolute Gasteiger partial charge is 0.357 e. The van der Waals surface area contributed by atoms with Crippen molar-refractivity contribution in [3.63, 3.8) is 0 Å². The number of nitro benzene ring substituents is 1. The lowest BCUT2D eigenvalue weighted by Crippen LogP contribution is -2.15. The van der Waals surface area contributed by atoms with Crippen LogP contribution in [0.15, 0.2) is 54.7 Å². The van der Waals surface area contributed by atoms with E-state index in [0.29, 0.717) is 31.7 Å². The highest BCUT2D eigenvalue weighted by molar-refractivity contribution is 7.54.